The van der Waals surface area contributed by atoms with Crippen LogP contribution in [0.5, 0.6) is 0 Å². The van der Waals surface area contributed by atoms with Gasteiger partial charge in [0.15, 0.2) is 5.82 Å². The van der Waals surface area contributed by atoms with Gasteiger partial charge in [0, 0.05) is 24.9 Å². The summed E-state index contributed by atoms with van der Waals surface area (Å²) in [5, 5.41) is 8.51. The van der Waals surface area contributed by atoms with E-state index in [0.29, 0.717) is 19.0 Å². The number of fused-ring (bicyclic) bond motifs is 1. The van der Waals surface area contributed by atoms with Crippen LogP contribution in [0.25, 0.3) is 0 Å². The van der Waals surface area contributed by atoms with Crippen LogP contribution in [0.1, 0.15) is 49.3 Å². The molecule has 24 heavy (non-hydrogen) atoms. The summed E-state index contributed by atoms with van der Waals surface area (Å²) in [4.78, 5) is 14.6. The number of hydrogen-bond donors (Lipinski definition) is 0. The summed E-state index contributed by atoms with van der Waals surface area (Å²) in [6.07, 6.45) is 0.808. The monoisotopic (exact) mass is 328 g/mol. The smallest absolute Gasteiger partial charge is 0.226 e. The zero-order valence-corrected chi connectivity index (χ0v) is 13.9. The Kier molecular flexibility index (Phi) is 3.62. The zero-order valence-electron chi connectivity index (χ0n) is 13.9. The Labute approximate surface area is 140 Å². The molecule has 0 bridgehead atoms. The lowest BCUT2D eigenvalue weighted by atomic mass is 10.1. The minimum absolute atomic E-state index is 0.0224. The van der Waals surface area contributed by atoms with Crippen LogP contribution >= 0.6 is 0 Å². The van der Waals surface area contributed by atoms with Gasteiger partial charge in [-0.05, 0) is 30.0 Å². The topological polar surface area (TPSA) is 51.0 Å². The molecule has 1 fully saturated rings. The first kappa shape index (κ1) is 15.3. The Morgan fingerprint density at radius 1 is 1.29 bits per heavy atom. The molecule has 2 aromatic rings. The molecule has 1 aliphatic heterocycles. The molecule has 2 atom stereocenters. The number of carbonyl (C=O) groups is 1. The first-order valence-corrected chi connectivity index (χ1v) is 8.51. The summed E-state index contributed by atoms with van der Waals surface area (Å²) in [6.45, 7) is 6.16. The van der Waals surface area contributed by atoms with Crippen LogP contribution in [0.15, 0.2) is 24.3 Å². The van der Waals surface area contributed by atoms with Gasteiger partial charge in [0.05, 0.1) is 6.54 Å². The van der Waals surface area contributed by atoms with E-state index in [0.717, 1.165) is 30.2 Å². The molecule has 0 radical (unpaired) electrons. The first-order chi connectivity index (χ1) is 11.5. The van der Waals surface area contributed by atoms with E-state index in [1.165, 1.54) is 6.07 Å². The van der Waals surface area contributed by atoms with E-state index in [9.17, 15) is 9.18 Å². The van der Waals surface area contributed by atoms with Gasteiger partial charge in [0.25, 0.3) is 0 Å². The number of rotatable bonds is 3. The van der Waals surface area contributed by atoms with Crippen molar-refractivity contribution in [3.05, 3.63) is 47.3 Å². The van der Waals surface area contributed by atoms with Crippen LogP contribution in [-0.4, -0.2) is 32.1 Å². The average molecular weight is 328 g/mol. The van der Waals surface area contributed by atoms with Crippen LogP contribution in [-0.2, 0) is 17.9 Å². The number of hydrogen-bond acceptors (Lipinski definition) is 3. The lowest BCUT2D eigenvalue weighted by Gasteiger charge is -2.28. The van der Waals surface area contributed by atoms with Crippen LogP contribution < -0.4 is 0 Å². The molecular formula is C18H21FN4O. The molecule has 0 unspecified atom stereocenters. The highest BCUT2D eigenvalue weighted by Crippen LogP contribution is 2.48. The molecule has 1 aliphatic carbocycles. The van der Waals surface area contributed by atoms with Gasteiger partial charge in [-0.3, -0.25) is 4.79 Å². The summed E-state index contributed by atoms with van der Waals surface area (Å²) < 4.78 is 15.5. The Bertz CT molecular complexity index is 785. The maximum Gasteiger partial charge on any atom is 0.226 e. The van der Waals surface area contributed by atoms with Crippen LogP contribution in [0, 0.1) is 11.7 Å². The second-order valence-corrected chi connectivity index (χ2v) is 7.04. The molecule has 1 aromatic carbocycles. The molecule has 0 saturated heterocycles. The third-order valence-corrected chi connectivity index (χ3v) is 4.99. The highest BCUT2D eigenvalue weighted by atomic mass is 19.1. The summed E-state index contributed by atoms with van der Waals surface area (Å²) >= 11 is 0. The number of amides is 1. The molecule has 0 spiro atoms. The lowest BCUT2D eigenvalue weighted by molar-refractivity contribution is -0.134. The minimum atomic E-state index is -0.238. The molecule has 1 saturated carbocycles. The molecule has 126 valence electrons. The Hall–Kier alpha value is -2.24. The van der Waals surface area contributed by atoms with Crippen LogP contribution in [0.3, 0.4) is 0 Å². The standard InChI is InChI=1S/C18H21FN4O/c1-11(2)17-21-20-16-10-22(6-7-23(16)17)18(24)15-9-14(15)12-4-3-5-13(19)8-12/h3-5,8,11,14-15H,6-7,9-10H2,1-2H3/t14-,15+/m1/s1. The van der Waals surface area contributed by atoms with Crippen molar-refractivity contribution in [1.82, 2.24) is 19.7 Å². The van der Waals surface area contributed by atoms with Crippen LogP contribution in [0.4, 0.5) is 4.39 Å². The fourth-order valence-corrected chi connectivity index (χ4v) is 3.60. The van der Waals surface area contributed by atoms with Crippen molar-refractivity contribution in [2.24, 2.45) is 5.92 Å². The highest BCUT2D eigenvalue weighted by molar-refractivity contribution is 5.83. The molecule has 5 nitrogen and oxygen atoms in total. The van der Waals surface area contributed by atoms with Crippen molar-refractivity contribution in [2.75, 3.05) is 6.54 Å². The van der Waals surface area contributed by atoms with E-state index in [-0.39, 0.29) is 23.6 Å². The second-order valence-electron chi connectivity index (χ2n) is 7.04. The summed E-state index contributed by atoms with van der Waals surface area (Å²) in [6, 6.07) is 6.59. The van der Waals surface area contributed by atoms with E-state index in [1.807, 2.05) is 11.0 Å². The minimum Gasteiger partial charge on any atom is -0.333 e. The number of benzene rings is 1. The summed E-state index contributed by atoms with van der Waals surface area (Å²) in [5.41, 5.74) is 0.927. The normalized spacial score (nSPS) is 22.6. The van der Waals surface area contributed by atoms with Gasteiger partial charge in [-0.1, -0.05) is 26.0 Å². The largest absolute Gasteiger partial charge is 0.333 e. The van der Waals surface area contributed by atoms with Crippen molar-refractivity contribution in [1.29, 1.82) is 0 Å². The van der Waals surface area contributed by atoms with Gasteiger partial charge >= 0.3 is 0 Å². The molecule has 4 rings (SSSR count). The van der Waals surface area contributed by atoms with E-state index in [4.69, 9.17) is 0 Å². The number of halogens is 1. The average Bonchev–Trinajstić information content (AvgIpc) is 3.25. The van der Waals surface area contributed by atoms with Crippen molar-refractivity contribution in [3.63, 3.8) is 0 Å². The highest BCUT2D eigenvalue weighted by Gasteiger charge is 2.46. The van der Waals surface area contributed by atoms with Gasteiger partial charge in [-0.25, -0.2) is 4.39 Å². The van der Waals surface area contributed by atoms with Crippen molar-refractivity contribution in [3.8, 4) is 0 Å². The molecule has 2 heterocycles. The second kappa shape index (κ2) is 5.69. The number of nitrogens with zero attached hydrogens (tertiary/aromatic N) is 4. The van der Waals surface area contributed by atoms with Crippen LogP contribution in [0.2, 0.25) is 0 Å². The maximum absolute atomic E-state index is 13.4. The third-order valence-electron chi connectivity index (χ3n) is 4.99. The molecule has 1 aromatic heterocycles. The summed E-state index contributed by atoms with van der Waals surface area (Å²) in [5.74, 6) is 2.23. The summed E-state index contributed by atoms with van der Waals surface area (Å²) in [7, 11) is 0. The van der Waals surface area contributed by atoms with Gasteiger partial charge < -0.3 is 9.47 Å². The van der Waals surface area contributed by atoms with E-state index < -0.39 is 0 Å². The first-order valence-electron chi connectivity index (χ1n) is 8.51. The molecule has 6 heteroatoms. The van der Waals surface area contributed by atoms with Crippen molar-refractivity contribution >= 4 is 5.91 Å². The molecule has 0 N–H and O–H groups in total. The van der Waals surface area contributed by atoms with Gasteiger partial charge in [-0.15, -0.1) is 10.2 Å². The lowest BCUT2D eigenvalue weighted by Crippen LogP contribution is -2.39. The van der Waals surface area contributed by atoms with E-state index in [2.05, 4.69) is 28.6 Å². The quantitative estimate of drug-likeness (QED) is 0.870. The molecule has 2 aliphatic rings. The Balaban J connectivity index is 1.45. The van der Waals surface area contributed by atoms with Gasteiger partial charge in [0.1, 0.15) is 11.6 Å². The molecular weight excluding hydrogens is 307 g/mol. The van der Waals surface area contributed by atoms with Crippen molar-refractivity contribution in [2.45, 2.75) is 45.2 Å². The van der Waals surface area contributed by atoms with Crippen molar-refractivity contribution < 1.29 is 9.18 Å². The van der Waals surface area contributed by atoms with E-state index >= 15 is 0 Å². The van der Waals surface area contributed by atoms with Gasteiger partial charge in [-0.2, -0.15) is 0 Å². The predicted molar refractivity (Wildman–Crippen MR) is 86.8 cm³/mol. The number of aromatic nitrogens is 3. The fraction of sp³-hybridized carbons (Fsp3) is 0.500. The fourth-order valence-electron chi connectivity index (χ4n) is 3.60. The predicted octanol–water partition coefficient (Wildman–Crippen LogP) is 2.69. The molecule has 1 amide bonds. The van der Waals surface area contributed by atoms with Gasteiger partial charge in [0.2, 0.25) is 5.91 Å². The number of carbonyl (C=O) groups excluding carboxylic acids is 1. The zero-order chi connectivity index (χ0) is 16.8. The SMILES string of the molecule is CC(C)c1nnc2n1CCN(C(=O)[C@H]1C[C@@H]1c1cccc(F)c1)C2. The Morgan fingerprint density at radius 3 is 2.88 bits per heavy atom. The maximum atomic E-state index is 13.4. The van der Waals surface area contributed by atoms with E-state index in [1.54, 1.807) is 12.1 Å². The Morgan fingerprint density at radius 2 is 2.12 bits per heavy atom. The third kappa shape index (κ3) is 2.60.